The van der Waals surface area contributed by atoms with Crippen LogP contribution in [0.3, 0.4) is 0 Å². The van der Waals surface area contributed by atoms with E-state index in [0.717, 1.165) is 10.0 Å². The SMILES string of the molecule is C=CCOc1ccc(Br)cc1/C=c1\sc2n(c1=O)[C@H](c1ccc(OC)c(OC)c1)C(C(=O)Nc1ccccc1)=C(C)N=2. The van der Waals surface area contributed by atoms with Crippen LogP contribution in [0.1, 0.15) is 24.1 Å². The summed E-state index contributed by atoms with van der Waals surface area (Å²) in [5.41, 5.74) is 2.59. The number of para-hydroxylation sites is 1. The normalized spacial score (nSPS) is 14.6. The minimum atomic E-state index is -0.772. The van der Waals surface area contributed by atoms with E-state index in [0.29, 0.717) is 55.7 Å². The molecule has 1 N–H and O–H groups in total. The monoisotopic (exact) mass is 645 g/mol. The van der Waals surface area contributed by atoms with E-state index in [2.05, 4.69) is 27.8 Å². The van der Waals surface area contributed by atoms with Crippen molar-refractivity contribution in [3.63, 3.8) is 0 Å². The first kappa shape index (κ1) is 29.1. The predicted octanol–water partition coefficient (Wildman–Crippen LogP) is 5.22. The van der Waals surface area contributed by atoms with Gasteiger partial charge in [0.15, 0.2) is 16.3 Å². The lowest BCUT2D eigenvalue weighted by atomic mass is 9.94. The molecule has 4 aromatic rings. The van der Waals surface area contributed by atoms with Gasteiger partial charge in [0.1, 0.15) is 12.4 Å². The summed E-state index contributed by atoms with van der Waals surface area (Å²) in [5.74, 6) is 1.27. The van der Waals surface area contributed by atoms with Crippen LogP contribution in [0.2, 0.25) is 0 Å². The lowest BCUT2D eigenvalue weighted by Crippen LogP contribution is -2.40. The van der Waals surface area contributed by atoms with Crippen molar-refractivity contribution in [1.82, 2.24) is 4.57 Å². The van der Waals surface area contributed by atoms with Crippen LogP contribution < -0.4 is 34.4 Å². The molecule has 1 amide bonds. The van der Waals surface area contributed by atoms with E-state index >= 15 is 0 Å². The number of fused-ring (bicyclic) bond motifs is 1. The first-order chi connectivity index (χ1) is 20.3. The molecule has 0 spiro atoms. The molecule has 0 saturated carbocycles. The maximum Gasteiger partial charge on any atom is 0.271 e. The minimum Gasteiger partial charge on any atom is -0.493 e. The maximum atomic E-state index is 14.1. The number of carbonyl (C=O) groups is 1. The summed E-state index contributed by atoms with van der Waals surface area (Å²) < 4.78 is 19.7. The third-order valence-electron chi connectivity index (χ3n) is 6.64. The summed E-state index contributed by atoms with van der Waals surface area (Å²) >= 11 is 4.76. The van der Waals surface area contributed by atoms with Crippen LogP contribution in [0.15, 0.2) is 105 Å². The molecule has 0 fully saturated rings. The first-order valence-corrected chi connectivity index (χ1v) is 14.6. The number of carbonyl (C=O) groups excluding carboxylic acids is 1. The number of rotatable bonds is 9. The van der Waals surface area contributed by atoms with Gasteiger partial charge in [-0.2, -0.15) is 0 Å². The second-order valence-corrected chi connectivity index (χ2v) is 11.2. The maximum absolute atomic E-state index is 14.1. The predicted molar refractivity (Wildman–Crippen MR) is 168 cm³/mol. The lowest BCUT2D eigenvalue weighted by molar-refractivity contribution is -0.113. The molecule has 1 atom stereocenters. The highest BCUT2D eigenvalue weighted by Crippen LogP contribution is 2.36. The Labute approximate surface area is 255 Å². The summed E-state index contributed by atoms with van der Waals surface area (Å²) in [7, 11) is 3.10. The van der Waals surface area contributed by atoms with Crippen LogP contribution in [0.5, 0.6) is 17.2 Å². The van der Waals surface area contributed by atoms with Gasteiger partial charge < -0.3 is 19.5 Å². The summed E-state index contributed by atoms with van der Waals surface area (Å²) in [6.07, 6.45) is 3.44. The zero-order valence-corrected chi connectivity index (χ0v) is 25.6. The van der Waals surface area contributed by atoms with Gasteiger partial charge >= 0.3 is 0 Å². The van der Waals surface area contributed by atoms with Crippen molar-refractivity contribution in [1.29, 1.82) is 0 Å². The standard InChI is InChI=1S/C32H28BrN3O5S/c1-5-15-41-24-14-12-22(33)16-21(24)18-27-31(38)36-29(20-11-13-25(39-3)26(17-20)40-4)28(19(2)34-32(36)42-27)30(37)35-23-9-7-6-8-10-23/h5-14,16-18,29H,1,15H2,2-4H3,(H,35,37)/b27-18-/t29-/m1/s1. The number of allylic oxidation sites excluding steroid dienone is 1. The van der Waals surface area contributed by atoms with Crippen LogP contribution in [0.4, 0.5) is 5.69 Å². The van der Waals surface area contributed by atoms with E-state index < -0.39 is 6.04 Å². The summed E-state index contributed by atoms with van der Waals surface area (Å²) in [4.78, 5) is 33.1. The zero-order valence-electron chi connectivity index (χ0n) is 23.2. The molecule has 0 unspecified atom stereocenters. The average Bonchev–Trinajstić information content (AvgIpc) is 3.29. The fourth-order valence-electron chi connectivity index (χ4n) is 4.72. The highest BCUT2D eigenvalue weighted by Gasteiger charge is 2.33. The Balaban J connectivity index is 1.70. The molecule has 8 nitrogen and oxygen atoms in total. The third-order valence-corrected chi connectivity index (χ3v) is 8.11. The van der Waals surface area contributed by atoms with Crippen molar-refractivity contribution in [2.24, 2.45) is 4.99 Å². The van der Waals surface area contributed by atoms with E-state index in [-0.39, 0.29) is 11.5 Å². The lowest BCUT2D eigenvalue weighted by Gasteiger charge is -2.26. The average molecular weight is 647 g/mol. The number of methoxy groups -OCH3 is 2. The molecule has 214 valence electrons. The number of aromatic nitrogens is 1. The van der Waals surface area contributed by atoms with Crippen LogP contribution in [-0.4, -0.2) is 31.3 Å². The number of nitrogens with zero attached hydrogens (tertiary/aromatic N) is 2. The molecular weight excluding hydrogens is 618 g/mol. The second kappa shape index (κ2) is 12.6. The van der Waals surface area contributed by atoms with Crippen molar-refractivity contribution < 1.29 is 19.0 Å². The minimum absolute atomic E-state index is 0.286. The van der Waals surface area contributed by atoms with Gasteiger partial charge in [0, 0.05) is 15.7 Å². The number of hydrogen-bond acceptors (Lipinski definition) is 7. The van der Waals surface area contributed by atoms with E-state index in [9.17, 15) is 9.59 Å². The number of benzene rings is 3. The quantitative estimate of drug-likeness (QED) is 0.252. The number of hydrogen-bond donors (Lipinski definition) is 1. The summed E-state index contributed by atoms with van der Waals surface area (Å²) in [6.45, 7) is 5.82. The second-order valence-electron chi connectivity index (χ2n) is 9.30. The van der Waals surface area contributed by atoms with Crippen molar-refractivity contribution in [2.75, 3.05) is 26.1 Å². The topological polar surface area (TPSA) is 91.1 Å². The van der Waals surface area contributed by atoms with Crippen molar-refractivity contribution >= 4 is 44.9 Å². The molecule has 1 aliphatic rings. The Morgan fingerprint density at radius 3 is 2.52 bits per heavy atom. The molecular formula is C32H28BrN3O5S. The Morgan fingerprint density at radius 2 is 1.81 bits per heavy atom. The Kier molecular flexibility index (Phi) is 8.75. The Morgan fingerprint density at radius 1 is 1.07 bits per heavy atom. The molecule has 0 bridgehead atoms. The molecule has 42 heavy (non-hydrogen) atoms. The van der Waals surface area contributed by atoms with Gasteiger partial charge in [0.25, 0.3) is 11.5 Å². The Bertz CT molecular complexity index is 1880. The van der Waals surface area contributed by atoms with Crippen molar-refractivity contribution in [3.8, 4) is 17.2 Å². The van der Waals surface area contributed by atoms with Gasteiger partial charge in [0.2, 0.25) is 0 Å². The smallest absolute Gasteiger partial charge is 0.271 e. The molecule has 10 heteroatoms. The highest BCUT2D eigenvalue weighted by atomic mass is 79.9. The van der Waals surface area contributed by atoms with Crippen LogP contribution in [0, 0.1) is 0 Å². The number of anilines is 1. The highest BCUT2D eigenvalue weighted by molar-refractivity contribution is 9.10. The largest absolute Gasteiger partial charge is 0.493 e. The molecule has 0 saturated heterocycles. The zero-order chi connectivity index (χ0) is 29.8. The van der Waals surface area contributed by atoms with Gasteiger partial charge in [-0.25, -0.2) is 4.99 Å². The van der Waals surface area contributed by atoms with Crippen LogP contribution in [-0.2, 0) is 4.79 Å². The number of thiazole rings is 1. The van der Waals surface area contributed by atoms with Gasteiger partial charge in [-0.1, -0.05) is 64.2 Å². The van der Waals surface area contributed by atoms with Crippen LogP contribution >= 0.6 is 27.3 Å². The van der Waals surface area contributed by atoms with Gasteiger partial charge in [-0.05, 0) is 61.0 Å². The molecule has 0 aliphatic carbocycles. The van der Waals surface area contributed by atoms with E-state index in [4.69, 9.17) is 19.2 Å². The summed E-state index contributed by atoms with van der Waals surface area (Å²) in [5, 5.41) is 2.96. The molecule has 1 aliphatic heterocycles. The fourth-order valence-corrected chi connectivity index (χ4v) is 6.14. The van der Waals surface area contributed by atoms with Crippen LogP contribution in [0.25, 0.3) is 6.08 Å². The summed E-state index contributed by atoms with van der Waals surface area (Å²) in [6, 6.07) is 19.3. The van der Waals surface area contributed by atoms with Crippen molar-refractivity contribution in [3.05, 3.63) is 126 Å². The van der Waals surface area contributed by atoms with Crippen molar-refractivity contribution in [2.45, 2.75) is 13.0 Å². The third kappa shape index (κ3) is 5.81. The number of amides is 1. The molecule has 3 aromatic carbocycles. The van der Waals surface area contributed by atoms with E-state index in [1.165, 1.54) is 11.3 Å². The number of halogens is 1. The molecule has 5 rings (SSSR count). The molecule has 1 aromatic heterocycles. The first-order valence-electron chi connectivity index (χ1n) is 13.0. The van der Waals surface area contributed by atoms with Gasteiger partial charge in [-0.15, -0.1) is 0 Å². The fraction of sp³-hybridized carbons (Fsp3) is 0.156. The van der Waals surface area contributed by atoms with E-state index in [1.54, 1.807) is 62.1 Å². The van der Waals surface area contributed by atoms with Gasteiger partial charge in [0.05, 0.1) is 36.1 Å². The number of nitrogens with one attached hydrogen (secondary N) is 1. The Hall–Kier alpha value is -4.41. The van der Waals surface area contributed by atoms with Gasteiger partial charge in [-0.3, -0.25) is 14.2 Å². The molecule has 0 radical (unpaired) electrons. The van der Waals surface area contributed by atoms with E-state index in [1.807, 2.05) is 42.5 Å². The number of ether oxygens (including phenoxy) is 3. The molecule has 2 heterocycles.